The van der Waals surface area contributed by atoms with Crippen molar-refractivity contribution in [2.45, 2.75) is 9.92 Å². The van der Waals surface area contributed by atoms with Crippen molar-refractivity contribution in [3.8, 4) is 11.1 Å². The second-order valence-corrected chi connectivity index (χ2v) is 9.28. The highest BCUT2D eigenvalue weighted by Gasteiger charge is 2.21. The summed E-state index contributed by atoms with van der Waals surface area (Å²) in [5.41, 5.74) is 1.68. The number of azo groups is 1. The van der Waals surface area contributed by atoms with Crippen LogP contribution in [0.2, 0.25) is 0 Å². The molecule has 25 heavy (non-hydrogen) atoms. The lowest BCUT2D eigenvalue weighted by molar-refractivity contribution is 0.598. The summed E-state index contributed by atoms with van der Waals surface area (Å²) in [5, 5.41) is 13.5. The van der Waals surface area contributed by atoms with Crippen LogP contribution in [0.1, 0.15) is 5.56 Å². The van der Waals surface area contributed by atoms with Crippen LogP contribution >= 0.6 is 0 Å². The van der Waals surface area contributed by atoms with E-state index in [-0.39, 0.29) is 11.7 Å². The predicted octanol–water partition coefficient (Wildman–Crippen LogP) is 1.27. The number of aliphatic imine (C=N–C) groups is 1. The number of rotatable bonds is 4. The molecule has 0 saturated heterocycles. The fourth-order valence-corrected chi connectivity index (χ4v) is 3.82. The third-order valence-electron chi connectivity index (χ3n) is 3.50. The molecule has 1 aliphatic rings. The van der Waals surface area contributed by atoms with Gasteiger partial charge in [-0.2, -0.15) is 5.11 Å². The Labute approximate surface area is 145 Å². The molecule has 1 aromatic carbocycles. The van der Waals surface area contributed by atoms with Crippen molar-refractivity contribution in [2.24, 2.45) is 20.4 Å². The van der Waals surface area contributed by atoms with Crippen LogP contribution in [0.3, 0.4) is 0 Å². The Bertz CT molecular complexity index is 1100. The molecule has 10 heteroatoms. The van der Waals surface area contributed by atoms with Gasteiger partial charge in [-0.05, 0) is 29.6 Å². The molecule has 0 amide bonds. The van der Waals surface area contributed by atoms with Crippen molar-refractivity contribution in [1.29, 1.82) is 0 Å². The van der Waals surface area contributed by atoms with E-state index in [2.05, 4.69) is 26.1 Å². The van der Waals surface area contributed by atoms with Crippen LogP contribution < -0.4 is 5.14 Å². The molecule has 8 nitrogen and oxygen atoms in total. The van der Waals surface area contributed by atoms with Crippen LogP contribution in [0, 0.1) is 0 Å². The molecule has 0 spiro atoms. The standard InChI is InChI=1S/C15H15N5O3S2/c1-24(16,21)12-5-3-4-11(14(12)15-18-9-19-20-15)10-6-7-13(17-8-10)25(2,22)23/h3-8H,1,9H2,2H3,(H2,16,21). The van der Waals surface area contributed by atoms with E-state index in [9.17, 15) is 12.6 Å². The van der Waals surface area contributed by atoms with E-state index in [0.717, 1.165) is 6.26 Å². The molecule has 1 aliphatic heterocycles. The minimum Gasteiger partial charge on any atom is -0.256 e. The molecule has 2 heterocycles. The SMILES string of the molecule is C=S(N)(=O)c1cccc(-c2ccc(S(C)(=O)=O)nc2)c1C1=NCN=N1. The Morgan fingerprint density at radius 1 is 1.16 bits per heavy atom. The van der Waals surface area contributed by atoms with Gasteiger partial charge < -0.3 is 0 Å². The molecule has 0 aliphatic carbocycles. The maximum absolute atomic E-state index is 12.4. The number of pyridine rings is 1. The molecule has 2 aromatic rings. The number of nitrogens with two attached hydrogens (primary N) is 1. The summed E-state index contributed by atoms with van der Waals surface area (Å²) >= 11 is 0. The lowest BCUT2D eigenvalue weighted by Crippen LogP contribution is -2.17. The van der Waals surface area contributed by atoms with Gasteiger partial charge in [0.05, 0.1) is 14.6 Å². The Balaban J connectivity index is 2.25. The zero-order valence-electron chi connectivity index (χ0n) is 13.3. The average Bonchev–Trinajstić information content (AvgIpc) is 3.07. The average molecular weight is 377 g/mol. The van der Waals surface area contributed by atoms with E-state index in [0.29, 0.717) is 27.4 Å². The molecular weight excluding hydrogens is 362 g/mol. The van der Waals surface area contributed by atoms with Gasteiger partial charge in [0.25, 0.3) is 0 Å². The number of hydrogen-bond acceptors (Lipinski definition) is 7. The Kier molecular flexibility index (Phi) is 4.27. The number of benzene rings is 1. The van der Waals surface area contributed by atoms with Gasteiger partial charge in [-0.1, -0.05) is 12.1 Å². The van der Waals surface area contributed by atoms with Gasteiger partial charge in [0.2, 0.25) is 0 Å². The molecule has 1 unspecified atom stereocenters. The van der Waals surface area contributed by atoms with Crippen molar-refractivity contribution in [3.05, 3.63) is 42.1 Å². The molecule has 2 N–H and O–H groups in total. The van der Waals surface area contributed by atoms with Gasteiger partial charge >= 0.3 is 0 Å². The van der Waals surface area contributed by atoms with Gasteiger partial charge in [0, 0.05) is 23.6 Å². The topological polar surface area (TPSA) is 127 Å². The van der Waals surface area contributed by atoms with Crippen molar-refractivity contribution in [3.63, 3.8) is 0 Å². The number of hydrogen-bond donors (Lipinski definition) is 1. The van der Waals surface area contributed by atoms with E-state index in [1.807, 2.05) is 0 Å². The molecule has 3 rings (SSSR count). The van der Waals surface area contributed by atoms with E-state index in [1.165, 1.54) is 12.3 Å². The summed E-state index contributed by atoms with van der Waals surface area (Å²) in [6.07, 6.45) is 2.51. The zero-order valence-corrected chi connectivity index (χ0v) is 14.9. The maximum atomic E-state index is 12.4. The van der Waals surface area contributed by atoms with E-state index in [4.69, 9.17) is 5.14 Å². The molecule has 0 bridgehead atoms. The molecule has 1 atom stereocenters. The summed E-state index contributed by atoms with van der Waals surface area (Å²) in [6, 6.07) is 8.06. The van der Waals surface area contributed by atoms with Crippen molar-refractivity contribution < 1.29 is 12.6 Å². The van der Waals surface area contributed by atoms with Gasteiger partial charge in [0.15, 0.2) is 27.4 Å². The van der Waals surface area contributed by atoms with Crippen LogP contribution in [0.25, 0.3) is 11.1 Å². The van der Waals surface area contributed by atoms with Crippen LogP contribution in [0.4, 0.5) is 0 Å². The molecule has 0 saturated carbocycles. The summed E-state index contributed by atoms with van der Waals surface area (Å²) in [6.45, 7) is 0.178. The van der Waals surface area contributed by atoms with E-state index in [1.54, 1.807) is 24.3 Å². The zero-order chi connectivity index (χ0) is 18.2. The third kappa shape index (κ3) is 3.50. The third-order valence-corrected chi connectivity index (χ3v) is 5.58. The van der Waals surface area contributed by atoms with Crippen LogP contribution in [0.5, 0.6) is 0 Å². The second-order valence-electron chi connectivity index (χ2n) is 5.43. The second kappa shape index (κ2) is 6.14. The highest BCUT2D eigenvalue weighted by molar-refractivity contribution is 7.98. The van der Waals surface area contributed by atoms with Crippen LogP contribution in [-0.2, 0) is 19.5 Å². The summed E-state index contributed by atoms with van der Waals surface area (Å²) < 4.78 is 35.5. The minimum atomic E-state index is -3.40. The normalized spacial score (nSPS) is 16.5. The smallest absolute Gasteiger partial charge is 0.192 e. The number of nitrogens with zero attached hydrogens (tertiary/aromatic N) is 4. The van der Waals surface area contributed by atoms with Crippen LogP contribution in [-0.4, -0.2) is 42.2 Å². The first-order valence-corrected chi connectivity index (χ1v) is 10.7. The monoisotopic (exact) mass is 377 g/mol. The Morgan fingerprint density at radius 3 is 2.44 bits per heavy atom. The first kappa shape index (κ1) is 17.4. The first-order chi connectivity index (χ1) is 11.7. The van der Waals surface area contributed by atoms with Crippen molar-refractivity contribution >= 4 is 31.3 Å². The quantitative estimate of drug-likeness (QED) is 0.805. The fraction of sp³-hybridized carbons (Fsp3) is 0.133. The molecule has 130 valence electrons. The van der Waals surface area contributed by atoms with Gasteiger partial charge in [-0.25, -0.2) is 22.6 Å². The first-order valence-electron chi connectivity index (χ1n) is 7.05. The van der Waals surface area contributed by atoms with Gasteiger partial charge in [0.1, 0.15) is 0 Å². The highest BCUT2D eigenvalue weighted by Crippen LogP contribution is 2.30. The fourth-order valence-electron chi connectivity index (χ4n) is 2.41. The van der Waals surface area contributed by atoms with Gasteiger partial charge in [-0.15, -0.1) is 5.11 Å². The summed E-state index contributed by atoms with van der Waals surface area (Å²) in [7, 11) is -6.43. The minimum absolute atomic E-state index is 0.0355. The largest absolute Gasteiger partial charge is 0.256 e. The van der Waals surface area contributed by atoms with E-state index < -0.39 is 19.5 Å². The van der Waals surface area contributed by atoms with Gasteiger partial charge in [-0.3, -0.25) is 5.14 Å². The molecule has 0 fully saturated rings. The van der Waals surface area contributed by atoms with Crippen LogP contribution in [0.15, 0.2) is 61.7 Å². The number of amidine groups is 1. The number of sulfone groups is 1. The summed E-state index contributed by atoms with van der Waals surface area (Å²) in [4.78, 5) is 8.47. The Morgan fingerprint density at radius 2 is 1.92 bits per heavy atom. The highest BCUT2D eigenvalue weighted by atomic mass is 32.2. The van der Waals surface area contributed by atoms with E-state index >= 15 is 0 Å². The number of aromatic nitrogens is 1. The molecule has 0 radical (unpaired) electrons. The molecular formula is C15H15N5O3S2. The molecule has 1 aromatic heterocycles. The lowest BCUT2D eigenvalue weighted by Gasteiger charge is -2.14. The lowest BCUT2D eigenvalue weighted by atomic mass is 10.0. The Hall–Kier alpha value is -2.43. The maximum Gasteiger partial charge on any atom is 0.192 e. The van der Waals surface area contributed by atoms with Crippen molar-refractivity contribution in [1.82, 2.24) is 4.98 Å². The van der Waals surface area contributed by atoms with Crippen molar-refractivity contribution in [2.75, 3.05) is 12.9 Å². The predicted molar refractivity (Wildman–Crippen MR) is 96.8 cm³/mol. The summed E-state index contributed by atoms with van der Waals surface area (Å²) in [5.74, 6) is 3.84.